The molecule has 0 aliphatic carbocycles. The van der Waals surface area contributed by atoms with Gasteiger partial charge in [0.2, 0.25) is 5.91 Å². The first-order valence-electron chi connectivity index (χ1n) is 9.91. The number of carbonyl (C=O) groups excluding carboxylic acids is 2. The van der Waals surface area contributed by atoms with Crippen molar-refractivity contribution in [1.82, 2.24) is 10.3 Å². The molecule has 4 aromatic rings. The summed E-state index contributed by atoms with van der Waals surface area (Å²) < 4.78 is 0. The lowest BCUT2D eigenvalue weighted by molar-refractivity contribution is -0.120. The number of nitrogens with zero attached hydrogens (tertiary/aromatic N) is 1. The summed E-state index contributed by atoms with van der Waals surface area (Å²) in [5.74, 6) is -0.370. The molecule has 4 rings (SSSR count). The summed E-state index contributed by atoms with van der Waals surface area (Å²) in [4.78, 5) is 30.6. The number of hydrogen-bond donors (Lipinski definition) is 2. The summed E-state index contributed by atoms with van der Waals surface area (Å²) in [6.45, 7) is 0.456. The predicted octanol–water partition coefficient (Wildman–Crippen LogP) is 4.92. The first kappa shape index (κ1) is 20.5. The molecule has 0 saturated heterocycles. The van der Waals surface area contributed by atoms with Crippen molar-refractivity contribution >= 4 is 28.8 Å². The van der Waals surface area contributed by atoms with Crippen molar-refractivity contribution in [2.24, 2.45) is 0 Å². The van der Waals surface area contributed by atoms with Crippen LogP contribution in [0.2, 0.25) is 0 Å². The quantitative estimate of drug-likeness (QED) is 0.440. The van der Waals surface area contributed by atoms with E-state index in [0.29, 0.717) is 27.8 Å². The third-order valence-corrected chi connectivity index (χ3v) is 5.65. The van der Waals surface area contributed by atoms with Crippen LogP contribution < -0.4 is 10.6 Å². The standard InChI is InChI=1S/C25H21N3O2S/c29-21(26-17-18-10-4-1-5-11-18)16-22-28-23(19-12-6-2-7-13-19)24(31-22)25(30)27-20-14-8-3-9-15-20/h1-15H,16-17H2,(H,26,29)(H,27,30). The number of anilines is 1. The molecule has 1 heterocycles. The molecule has 0 aliphatic heterocycles. The van der Waals surface area contributed by atoms with Gasteiger partial charge in [-0.15, -0.1) is 11.3 Å². The first-order chi connectivity index (χ1) is 15.2. The van der Waals surface area contributed by atoms with Crippen LogP contribution in [0.1, 0.15) is 20.2 Å². The first-order valence-corrected chi connectivity index (χ1v) is 10.7. The largest absolute Gasteiger partial charge is 0.352 e. The second-order valence-electron chi connectivity index (χ2n) is 6.91. The normalized spacial score (nSPS) is 10.5. The van der Waals surface area contributed by atoms with E-state index in [2.05, 4.69) is 15.6 Å². The lowest BCUT2D eigenvalue weighted by Gasteiger charge is -2.05. The molecule has 2 amide bonds. The van der Waals surface area contributed by atoms with Crippen molar-refractivity contribution in [3.63, 3.8) is 0 Å². The maximum Gasteiger partial charge on any atom is 0.268 e. The smallest absolute Gasteiger partial charge is 0.268 e. The van der Waals surface area contributed by atoms with Crippen LogP contribution >= 0.6 is 11.3 Å². The Morgan fingerprint density at radius 2 is 1.42 bits per heavy atom. The molecule has 154 valence electrons. The summed E-state index contributed by atoms with van der Waals surface area (Å²) in [5, 5.41) is 6.42. The topological polar surface area (TPSA) is 71.1 Å². The van der Waals surface area contributed by atoms with Gasteiger partial charge in [0.05, 0.1) is 12.1 Å². The molecule has 0 radical (unpaired) electrons. The van der Waals surface area contributed by atoms with E-state index < -0.39 is 0 Å². The highest BCUT2D eigenvalue weighted by Gasteiger charge is 2.21. The van der Waals surface area contributed by atoms with E-state index in [1.54, 1.807) is 0 Å². The van der Waals surface area contributed by atoms with E-state index in [9.17, 15) is 9.59 Å². The number of hydrogen-bond acceptors (Lipinski definition) is 4. The molecule has 5 nitrogen and oxygen atoms in total. The van der Waals surface area contributed by atoms with Crippen molar-refractivity contribution in [3.8, 4) is 11.3 Å². The minimum atomic E-state index is -0.238. The number of rotatable bonds is 7. The maximum atomic E-state index is 13.0. The molecule has 2 N–H and O–H groups in total. The lowest BCUT2D eigenvalue weighted by Crippen LogP contribution is -2.24. The highest BCUT2D eigenvalue weighted by Crippen LogP contribution is 2.29. The van der Waals surface area contributed by atoms with E-state index in [1.807, 2.05) is 91.0 Å². The van der Waals surface area contributed by atoms with Gasteiger partial charge in [-0.05, 0) is 17.7 Å². The summed E-state index contributed by atoms with van der Waals surface area (Å²) in [6, 6.07) is 28.6. The molecular formula is C25H21N3O2S. The van der Waals surface area contributed by atoms with Gasteiger partial charge in [0.1, 0.15) is 9.88 Å². The number of thiazole rings is 1. The van der Waals surface area contributed by atoms with Crippen LogP contribution in [0.15, 0.2) is 91.0 Å². The molecule has 6 heteroatoms. The third-order valence-electron chi connectivity index (χ3n) is 4.60. The molecule has 0 unspecified atom stereocenters. The Hall–Kier alpha value is -3.77. The van der Waals surface area contributed by atoms with Crippen LogP contribution in [-0.4, -0.2) is 16.8 Å². The Morgan fingerprint density at radius 3 is 2.10 bits per heavy atom. The van der Waals surface area contributed by atoms with E-state index in [-0.39, 0.29) is 18.2 Å². The molecule has 0 aliphatic rings. The summed E-state index contributed by atoms with van der Waals surface area (Å²) >= 11 is 1.25. The Balaban J connectivity index is 1.53. The summed E-state index contributed by atoms with van der Waals surface area (Å²) in [5.41, 5.74) is 3.17. The van der Waals surface area contributed by atoms with Crippen LogP contribution in [0.5, 0.6) is 0 Å². The van der Waals surface area contributed by atoms with Gasteiger partial charge < -0.3 is 10.6 Å². The zero-order valence-electron chi connectivity index (χ0n) is 16.7. The average molecular weight is 428 g/mol. The number of nitrogens with one attached hydrogen (secondary N) is 2. The average Bonchev–Trinajstić information content (AvgIpc) is 3.23. The van der Waals surface area contributed by atoms with Gasteiger partial charge in [0, 0.05) is 17.8 Å². The zero-order chi connectivity index (χ0) is 21.5. The molecule has 0 atom stereocenters. The molecule has 31 heavy (non-hydrogen) atoms. The summed E-state index contributed by atoms with van der Waals surface area (Å²) in [6.07, 6.45) is 0.121. The molecule has 0 bridgehead atoms. The van der Waals surface area contributed by atoms with Gasteiger partial charge in [0.25, 0.3) is 5.91 Å². The number of benzene rings is 3. The number of amides is 2. The fourth-order valence-corrected chi connectivity index (χ4v) is 4.07. The van der Waals surface area contributed by atoms with Crippen LogP contribution in [0.4, 0.5) is 5.69 Å². The maximum absolute atomic E-state index is 13.0. The van der Waals surface area contributed by atoms with Gasteiger partial charge in [-0.2, -0.15) is 0 Å². The van der Waals surface area contributed by atoms with E-state index in [1.165, 1.54) is 11.3 Å². The second-order valence-corrected chi connectivity index (χ2v) is 7.99. The lowest BCUT2D eigenvalue weighted by atomic mass is 10.1. The van der Waals surface area contributed by atoms with Crippen molar-refractivity contribution in [2.75, 3.05) is 5.32 Å². The molecule has 0 fully saturated rings. The van der Waals surface area contributed by atoms with Crippen LogP contribution in [0.3, 0.4) is 0 Å². The van der Waals surface area contributed by atoms with Crippen LogP contribution in [-0.2, 0) is 17.8 Å². The third kappa shape index (κ3) is 5.43. The summed E-state index contributed by atoms with van der Waals surface area (Å²) in [7, 11) is 0. The van der Waals surface area contributed by atoms with Gasteiger partial charge >= 0.3 is 0 Å². The molecular weight excluding hydrogens is 406 g/mol. The number of carbonyl (C=O) groups is 2. The number of para-hydroxylation sites is 1. The molecule has 0 spiro atoms. The fraction of sp³-hybridized carbons (Fsp3) is 0.0800. The molecule has 1 aromatic heterocycles. The molecule has 0 saturated carbocycles. The van der Waals surface area contributed by atoms with Crippen molar-refractivity contribution in [1.29, 1.82) is 0 Å². The minimum Gasteiger partial charge on any atom is -0.352 e. The second kappa shape index (κ2) is 9.82. The Morgan fingerprint density at radius 1 is 0.806 bits per heavy atom. The predicted molar refractivity (Wildman–Crippen MR) is 124 cm³/mol. The highest BCUT2D eigenvalue weighted by molar-refractivity contribution is 7.14. The van der Waals surface area contributed by atoms with Gasteiger partial charge in [-0.25, -0.2) is 4.98 Å². The van der Waals surface area contributed by atoms with Gasteiger partial charge in [-0.3, -0.25) is 9.59 Å². The van der Waals surface area contributed by atoms with Gasteiger partial charge in [-0.1, -0.05) is 78.9 Å². The van der Waals surface area contributed by atoms with Gasteiger partial charge in [0.15, 0.2) is 0 Å². The monoisotopic (exact) mass is 427 g/mol. The van der Waals surface area contributed by atoms with E-state index >= 15 is 0 Å². The number of aromatic nitrogens is 1. The van der Waals surface area contributed by atoms with E-state index in [0.717, 1.165) is 11.1 Å². The SMILES string of the molecule is O=C(Cc1nc(-c2ccccc2)c(C(=O)Nc2ccccc2)s1)NCc1ccccc1. The zero-order valence-corrected chi connectivity index (χ0v) is 17.6. The van der Waals surface area contributed by atoms with Crippen molar-refractivity contribution in [2.45, 2.75) is 13.0 Å². The van der Waals surface area contributed by atoms with Crippen molar-refractivity contribution in [3.05, 3.63) is 106 Å². The molecule has 3 aromatic carbocycles. The highest BCUT2D eigenvalue weighted by atomic mass is 32.1. The van der Waals surface area contributed by atoms with Crippen molar-refractivity contribution < 1.29 is 9.59 Å². The fourth-order valence-electron chi connectivity index (χ4n) is 3.09. The van der Waals surface area contributed by atoms with Crippen LogP contribution in [0, 0.1) is 0 Å². The van der Waals surface area contributed by atoms with Crippen LogP contribution in [0.25, 0.3) is 11.3 Å². The Kier molecular flexibility index (Phi) is 6.50. The Labute approximate surface area is 184 Å². The minimum absolute atomic E-state index is 0.121. The Bertz CT molecular complexity index is 1160. The van der Waals surface area contributed by atoms with E-state index in [4.69, 9.17) is 0 Å².